The molecule has 3 rings (SSSR count). The Morgan fingerprint density at radius 2 is 1.96 bits per heavy atom. The number of aliphatic imine (C=N–C) groups is 1. The van der Waals surface area contributed by atoms with E-state index in [4.69, 9.17) is 11.6 Å². The summed E-state index contributed by atoms with van der Waals surface area (Å²) in [7, 11) is 0. The lowest BCUT2D eigenvalue weighted by atomic mass is 10.3. The summed E-state index contributed by atoms with van der Waals surface area (Å²) in [5.41, 5.74) is 0.165. The van der Waals surface area contributed by atoms with Crippen LogP contribution in [0.1, 0.15) is 0 Å². The third-order valence-corrected chi connectivity index (χ3v) is 3.92. The maximum atomic E-state index is 11.1. The molecule has 0 saturated heterocycles. The lowest BCUT2D eigenvalue weighted by Crippen LogP contribution is -2.30. The second kappa shape index (κ2) is 6.43. The minimum Gasteiger partial charge on any atom is -0.262 e. The van der Waals surface area contributed by atoms with Gasteiger partial charge in [-0.2, -0.15) is 4.68 Å². The minimum atomic E-state index is -1.55. The van der Waals surface area contributed by atoms with Crippen molar-refractivity contribution in [1.82, 2.24) is 15.0 Å². The van der Waals surface area contributed by atoms with Gasteiger partial charge in [0, 0.05) is 9.40 Å². The first-order valence-electron chi connectivity index (χ1n) is 6.49. The fourth-order valence-corrected chi connectivity index (χ4v) is 2.39. The normalized spacial score (nSPS) is 13.2. The van der Waals surface area contributed by atoms with Crippen LogP contribution >= 0.6 is 27.5 Å². The Hall–Kier alpha value is -2.32. The highest BCUT2D eigenvalue weighted by Gasteiger charge is 2.28. The maximum absolute atomic E-state index is 11.1. The van der Waals surface area contributed by atoms with Gasteiger partial charge in [-0.1, -0.05) is 33.3 Å². The third-order valence-electron chi connectivity index (χ3n) is 3.04. The van der Waals surface area contributed by atoms with E-state index in [-0.39, 0.29) is 5.84 Å². The van der Waals surface area contributed by atoms with Crippen molar-refractivity contribution in [2.45, 2.75) is 5.50 Å². The molecule has 1 heterocycles. The van der Waals surface area contributed by atoms with E-state index < -0.39 is 10.4 Å². The van der Waals surface area contributed by atoms with Crippen LogP contribution in [0.2, 0.25) is 0 Å². The summed E-state index contributed by atoms with van der Waals surface area (Å²) in [5.74, 6) is -0.0207. The molecule has 23 heavy (non-hydrogen) atoms. The highest BCUT2D eigenvalue weighted by atomic mass is 79.9. The Balaban J connectivity index is 2.16. The Labute approximate surface area is 143 Å². The summed E-state index contributed by atoms with van der Waals surface area (Å²) in [6, 6.07) is 14.1. The number of fused-ring (bicyclic) bond motifs is 1. The topological polar surface area (TPSA) is 86.2 Å². The Kier molecular flexibility index (Phi) is 4.35. The van der Waals surface area contributed by atoms with Crippen LogP contribution in [0.3, 0.4) is 0 Å². The van der Waals surface area contributed by atoms with Crippen molar-refractivity contribution >= 4 is 50.1 Å². The lowest BCUT2D eigenvalue weighted by molar-refractivity contribution is -0.480. The molecule has 1 unspecified atom stereocenters. The van der Waals surface area contributed by atoms with E-state index in [2.05, 4.69) is 31.2 Å². The molecule has 0 aliphatic heterocycles. The molecule has 0 fully saturated rings. The molecule has 0 aliphatic carbocycles. The molecule has 9 heteroatoms. The fraction of sp³-hybridized carbons (Fsp3) is 0.0714. The van der Waals surface area contributed by atoms with E-state index in [9.17, 15) is 10.1 Å². The summed E-state index contributed by atoms with van der Waals surface area (Å²) in [6.07, 6.45) is 0. The van der Waals surface area contributed by atoms with Crippen LogP contribution in [0.25, 0.3) is 11.0 Å². The number of aromatic nitrogens is 3. The number of halogens is 2. The first-order chi connectivity index (χ1) is 11.1. The van der Waals surface area contributed by atoms with Gasteiger partial charge in [0.1, 0.15) is 5.52 Å². The van der Waals surface area contributed by atoms with Gasteiger partial charge in [0.25, 0.3) is 0 Å². The van der Waals surface area contributed by atoms with Gasteiger partial charge in [-0.15, -0.1) is 5.10 Å². The number of hydrogen-bond acceptors (Lipinski definition) is 5. The zero-order valence-electron chi connectivity index (χ0n) is 11.5. The molecular formula is C14H9BrClN5O2. The summed E-state index contributed by atoms with van der Waals surface area (Å²) in [6.45, 7) is 0. The van der Waals surface area contributed by atoms with Crippen molar-refractivity contribution in [3.63, 3.8) is 0 Å². The van der Waals surface area contributed by atoms with Gasteiger partial charge in [0.05, 0.1) is 11.2 Å². The molecule has 0 spiro atoms. The number of hydrogen-bond donors (Lipinski definition) is 0. The zero-order valence-corrected chi connectivity index (χ0v) is 13.8. The van der Waals surface area contributed by atoms with Crippen LogP contribution < -0.4 is 0 Å². The summed E-state index contributed by atoms with van der Waals surface area (Å²) in [4.78, 5) is 14.8. The first-order valence-corrected chi connectivity index (χ1v) is 7.72. The van der Waals surface area contributed by atoms with Gasteiger partial charge in [-0.25, -0.2) is 4.99 Å². The molecule has 0 amide bonds. The first kappa shape index (κ1) is 15.6. The highest BCUT2D eigenvalue weighted by Crippen LogP contribution is 2.20. The molecule has 0 radical (unpaired) electrons. The van der Waals surface area contributed by atoms with Gasteiger partial charge in [-0.3, -0.25) is 10.1 Å². The van der Waals surface area contributed by atoms with Crippen LogP contribution in [-0.4, -0.2) is 31.3 Å². The van der Waals surface area contributed by atoms with Crippen LogP contribution in [0.5, 0.6) is 0 Å². The van der Waals surface area contributed by atoms with E-state index in [0.717, 1.165) is 4.47 Å². The van der Waals surface area contributed by atoms with Crippen molar-refractivity contribution in [3.05, 3.63) is 63.1 Å². The number of rotatable bonds is 3. The number of nitro groups is 1. The standard InChI is InChI=1S/C14H9BrClN5O2/c15-9-5-7-10(8-6-9)17-14(13(16)21(22)23)20-12-4-2-1-3-11(12)18-19-20/h1-8,13H. The van der Waals surface area contributed by atoms with Crippen LogP contribution in [-0.2, 0) is 0 Å². The largest absolute Gasteiger partial charge is 0.345 e. The Morgan fingerprint density at radius 1 is 1.26 bits per heavy atom. The third kappa shape index (κ3) is 3.22. The molecule has 0 saturated carbocycles. The van der Waals surface area contributed by atoms with Crippen molar-refractivity contribution in [2.24, 2.45) is 4.99 Å². The van der Waals surface area contributed by atoms with E-state index in [0.29, 0.717) is 16.7 Å². The smallest absolute Gasteiger partial charge is 0.262 e. The summed E-state index contributed by atoms with van der Waals surface area (Å²) >= 11 is 9.25. The molecule has 1 aromatic heterocycles. The monoisotopic (exact) mass is 393 g/mol. The maximum Gasteiger partial charge on any atom is 0.345 e. The average Bonchev–Trinajstić information content (AvgIpc) is 2.97. The van der Waals surface area contributed by atoms with E-state index in [1.165, 1.54) is 4.68 Å². The van der Waals surface area contributed by atoms with Gasteiger partial charge >= 0.3 is 5.50 Å². The summed E-state index contributed by atoms with van der Waals surface area (Å²) < 4.78 is 2.17. The molecule has 0 bridgehead atoms. The molecule has 116 valence electrons. The van der Waals surface area contributed by atoms with E-state index in [1.54, 1.807) is 48.5 Å². The molecule has 3 aromatic rings. The van der Waals surface area contributed by atoms with Crippen molar-refractivity contribution < 1.29 is 4.92 Å². The van der Waals surface area contributed by atoms with E-state index in [1.807, 2.05) is 0 Å². The van der Waals surface area contributed by atoms with Gasteiger partial charge < -0.3 is 0 Å². The second-order valence-electron chi connectivity index (χ2n) is 4.56. The number of alkyl halides is 1. The quantitative estimate of drug-likeness (QED) is 0.170. The average molecular weight is 395 g/mol. The van der Waals surface area contributed by atoms with Gasteiger partial charge in [0.2, 0.25) is 5.84 Å². The Morgan fingerprint density at radius 3 is 2.65 bits per heavy atom. The number of para-hydroxylation sites is 1. The number of benzene rings is 2. The second-order valence-corrected chi connectivity index (χ2v) is 5.89. The molecule has 0 aliphatic rings. The van der Waals surface area contributed by atoms with Crippen molar-refractivity contribution in [3.8, 4) is 0 Å². The van der Waals surface area contributed by atoms with Crippen LogP contribution in [0, 0.1) is 10.1 Å². The van der Waals surface area contributed by atoms with Crippen LogP contribution in [0.4, 0.5) is 5.69 Å². The SMILES string of the molecule is O=[N+]([O-])C(Cl)C(=Nc1ccc(Br)cc1)n1nnc2ccccc21. The molecular weight excluding hydrogens is 386 g/mol. The Bertz CT molecular complexity index is 894. The van der Waals surface area contributed by atoms with E-state index >= 15 is 0 Å². The van der Waals surface area contributed by atoms with Gasteiger partial charge in [-0.05, 0) is 48.0 Å². The molecule has 7 nitrogen and oxygen atoms in total. The molecule has 2 aromatic carbocycles. The number of nitrogens with zero attached hydrogens (tertiary/aromatic N) is 5. The minimum absolute atomic E-state index is 0.0207. The lowest BCUT2D eigenvalue weighted by Gasteiger charge is -2.07. The molecule has 0 N–H and O–H groups in total. The van der Waals surface area contributed by atoms with Gasteiger partial charge in [0.15, 0.2) is 0 Å². The highest BCUT2D eigenvalue weighted by molar-refractivity contribution is 9.10. The predicted octanol–water partition coefficient (Wildman–Crippen LogP) is 3.61. The summed E-state index contributed by atoms with van der Waals surface area (Å²) in [5, 5.41) is 19.1. The molecule has 1 atom stereocenters. The van der Waals surface area contributed by atoms with Crippen molar-refractivity contribution in [1.29, 1.82) is 0 Å². The fourth-order valence-electron chi connectivity index (χ4n) is 1.98. The predicted molar refractivity (Wildman–Crippen MR) is 90.8 cm³/mol. The van der Waals surface area contributed by atoms with Crippen molar-refractivity contribution in [2.75, 3.05) is 0 Å². The zero-order chi connectivity index (χ0) is 16.4. The van der Waals surface area contributed by atoms with Crippen LogP contribution in [0.15, 0.2) is 58.0 Å².